The van der Waals surface area contributed by atoms with E-state index >= 15 is 0 Å². The average molecular weight is 320 g/mol. The lowest BCUT2D eigenvalue weighted by Gasteiger charge is -2.19. The highest BCUT2D eigenvalue weighted by Crippen LogP contribution is 2.30. The highest BCUT2D eigenvalue weighted by Gasteiger charge is 2.27. The molecule has 0 bridgehead atoms. The number of hydrogen-bond donors (Lipinski definition) is 2. The van der Waals surface area contributed by atoms with Gasteiger partial charge in [-0.2, -0.15) is 0 Å². The summed E-state index contributed by atoms with van der Waals surface area (Å²) in [5.41, 5.74) is 3.62. The highest BCUT2D eigenvalue weighted by molar-refractivity contribution is 5.84. The first-order chi connectivity index (χ1) is 11.8. The van der Waals surface area contributed by atoms with Crippen LogP contribution in [-0.2, 0) is 9.53 Å². The van der Waals surface area contributed by atoms with Crippen molar-refractivity contribution in [3.05, 3.63) is 71.9 Å². The summed E-state index contributed by atoms with van der Waals surface area (Å²) in [6, 6.07) is 18.5. The molecular weight excluding hydrogens is 300 g/mol. The summed E-state index contributed by atoms with van der Waals surface area (Å²) in [5.74, 6) is 0.0384. The van der Waals surface area contributed by atoms with Crippen molar-refractivity contribution < 1.29 is 9.53 Å². The van der Waals surface area contributed by atoms with E-state index in [1.165, 1.54) is 16.5 Å². The van der Waals surface area contributed by atoms with Gasteiger partial charge in [-0.25, -0.2) is 0 Å². The third kappa shape index (κ3) is 2.81. The van der Waals surface area contributed by atoms with Gasteiger partial charge >= 0.3 is 5.97 Å². The van der Waals surface area contributed by atoms with Crippen molar-refractivity contribution in [2.24, 2.45) is 0 Å². The zero-order chi connectivity index (χ0) is 16.4. The summed E-state index contributed by atoms with van der Waals surface area (Å²) in [5, 5.41) is 4.62. The van der Waals surface area contributed by atoms with Crippen LogP contribution in [0.4, 0.5) is 0 Å². The van der Waals surface area contributed by atoms with Gasteiger partial charge in [0.05, 0.1) is 6.61 Å². The quantitative estimate of drug-likeness (QED) is 0.710. The minimum atomic E-state index is -0.193. The van der Waals surface area contributed by atoms with Gasteiger partial charge in [0.15, 0.2) is 0 Å². The zero-order valence-corrected chi connectivity index (χ0v) is 13.4. The molecule has 0 saturated carbocycles. The summed E-state index contributed by atoms with van der Waals surface area (Å²) < 4.78 is 5.06. The number of rotatable bonds is 5. The predicted molar refractivity (Wildman–Crippen MR) is 94.0 cm³/mol. The lowest BCUT2D eigenvalue weighted by Crippen LogP contribution is -2.36. The van der Waals surface area contributed by atoms with Crippen LogP contribution in [0.1, 0.15) is 23.5 Å². The van der Waals surface area contributed by atoms with E-state index < -0.39 is 0 Å². The fourth-order valence-corrected chi connectivity index (χ4v) is 3.42. The van der Waals surface area contributed by atoms with Gasteiger partial charge in [0.25, 0.3) is 0 Å². The van der Waals surface area contributed by atoms with Gasteiger partial charge in [0, 0.05) is 36.0 Å². The number of carbonyl (C=O) groups excluding carboxylic acids is 1. The molecule has 1 saturated heterocycles. The van der Waals surface area contributed by atoms with Crippen molar-refractivity contribution in [3.63, 3.8) is 0 Å². The largest absolute Gasteiger partial charge is 0.464 e. The molecule has 2 atom stereocenters. The van der Waals surface area contributed by atoms with E-state index in [0.29, 0.717) is 13.2 Å². The lowest BCUT2D eigenvalue weighted by molar-refractivity contribution is -0.139. The van der Waals surface area contributed by atoms with Crippen molar-refractivity contribution in [2.75, 3.05) is 13.2 Å². The third-order valence-corrected chi connectivity index (χ3v) is 4.70. The fraction of sp³-hybridized carbons (Fsp3) is 0.250. The van der Waals surface area contributed by atoms with Crippen LogP contribution in [0.15, 0.2) is 60.8 Å². The van der Waals surface area contributed by atoms with E-state index in [0.717, 1.165) is 11.9 Å². The number of aromatic amines is 1. The standard InChI is InChI=1S/C20H20N2O2/c23-20-19(10-11-24-20)22-12-16(14-6-2-1-3-7-14)17-13-21-18-9-5-4-8-15(17)18/h1-9,13,16,19,21-22H,10-12H2/t16-,19-/m0/s1. The molecule has 3 aromatic rings. The van der Waals surface area contributed by atoms with Gasteiger partial charge in [-0.05, 0) is 17.2 Å². The summed E-state index contributed by atoms with van der Waals surface area (Å²) >= 11 is 0. The van der Waals surface area contributed by atoms with Crippen LogP contribution in [0.3, 0.4) is 0 Å². The molecule has 122 valence electrons. The molecule has 4 heteroatoms. The van der Waals surface area contributed by atoms with E-state index in [4.69, 9.17) is 4.74 Å². The number of nitrogens with one attached hydrogen (secondary N) is 2. The van der Waals surface area contributed by atoms with Gasteiger partial charge in [-0.3, -0.25) is 4.79 Å². The number of aromatic nitrogens is 1. The van der Waals surface area contributed by atoms with Crippen LogP contribution in [-0.4, -0.2) is 30.1 Å². The smallest absolute Gasteiger partial charge is 0.323 e. The molecular formula is C20H20N2O2. The SMILES string of the molecule is O=C1OCC[C@@H]1NC[C@@H](c1ccccc1)c1c[nH]c2ccccc12. The number of hydrogen-bond acceptors (Lipinski definition) is 3. The summed E-state index contributed by atoms with van der Waals surface area (Å²) in [6.45, 7) is 1.21. The minimum absolute atomic E-state index is 0.138. The average Bonchev–Trinajstić information content (AvgIpc) is 3.23. The molecule has 0 amide bonds. The van der Waals surface area contributed by atoms with Crippen LogP contribution in [0, 0.1) is 0 Å². The van der Waals surface area contributed by atoms with Crippen LogP contribution in [0.5, 0.6) is 0 Å². The normalized spacial score (nSPS) is 18.7. The molecule has 1 aromatic heterocycles. The van der Waals surface area contributed by atoms with Gasteiger partial charge < -0.3 is 15.0 Å². The van der Waals surface area contributed by atoms with Crippen LogP contribution in [0.2, 0.25) is 0 Å². The van der Waals surface area contributed by atoms with Crippen LogP contribution in [0.25, 0.3) is 10.9 Å². The topological polar surface area (TPSA) is 54.1 Å². The van der Waals surface area contributed by atoms with Crippen molar-refractivity contribution in [1.29, 1.82) is 0 Å². The van der Waals surface area contributed by atoms with Crippen molar-refractivity contribution in [1.82, 2.24) is 10.3 Å². The van der Waals surface area contributed by atoms with Crippen molar-refractivity contribution in [2.45, 2.75) is 18.4 Å². The number of esters is 1. The Morgan fingerprint density at radius 2 is 1.92 bits per heavy atom. The van der Waals surface area contributed by atoms with Crippen molar-refractivity contribution in [3.8, 4) is 0 Å². The number of cyclic esters (lactones) is 1. The number of carbonyl (C=O) groups is 1. The molecule has 1 aliphatic heterocycles. The maximum absolute atomic E-state index is 11.7. The first kappa shape index (κ1) is 15.0. The Bertz CT molecular complexity index is 841. The molecule has 2 N–H and O–H groups in total. The highest BCUT2D eigenvalue weighted by atomic mass is 16.5. The molecule has 4 nitrogen and oxygen atoms in total. The van der Waals surface area contributed by atoms with E-state index in [1.807, 2.05) is 12.1 Å². The maximum Gasteiger partial charge on any atom is 0.323 e. The Hall–Kier alpha value is -2.59. The molecule has 0 spiro atoms. The summed E-state index contributed by atoms with van der Waals surface area (Å²) in [6.07, 6.45) is 2.82. The summed E-state index contributed by atoms with van der Waals surface area (Å²) in [4.78, 5) is 15.1. The number of benzene rings is 2. The van der Waals surface area contributed by atoms with Crippen LogP contribution < -0.4 is 5.32 Å². The van der Waals surface area contributed by atoms with Gasteiger partial charge in [-0.1, -0.05) is 48.5 Å². The maximum atomic E-state index is 11.7. The molecule has 2 aromatic carbocycles. The molecule has 0 radical (unpaired) electrons. The molecule has 2 heterocycles. The Balaban J connectivity index is 1.67. The Morgan fingerprint density at radius 1 is 1.12 bits per heavy atom. The molecule has 1 aliphatic rings. The monoisotopic (exact) mass is 320 g/mol. The van der Waals surface area contributed by atoms with E-state index in [-0.39, 0.29) is 17.9 Å². The van der Waals surface area contributed by atoms with E-state index in [2.05, 4.69) is 59.0 Å². The molecule has 0 unspecified atom stereocenters. The second-order valence-electron chi connectivity index (χ2n) is 6.17. The second kappa shape index (κ2) is 6.49. The van der Waals surface area contributed by atoms with Gasteiger partial charge in [-0.15, -0.1) is 0 Å². The first-order valence-corrected chi connectivity index (χ1v) is 8.34. The Labute approximate surface area is 140 Å². The zero-order valence-electron chi connectivity index (χ0n) is 13.4. The van der Waals surface area contributed by atoms with Crippen molar-refractivity contribution >= 4 is 16.9 Å². The van der Waals surface area contributed by atoms with Gasteiger partial charge in [0.2, 0.25) is 0 Å². The number of para-hydroxylation sites is 1. The first-order valence-electron chi connectivity index (χ1n) is 8.34. The molecule has 1 fully saturated rings. The minimum Gasteiger partial charge on any atom is -0.464 e. The Morgan fingerprint density at radius 3 is 2.71 bits per heavy atom. The molecule has 4 rings (SSSR count). The van der Waals surface area contributed by atoms with E-state index in [1.54, 1.807) is 0 Å². The van der Waals surface area contributed by atoms with Crippen LogP contribution >= 0.6 is 0 Å². The number of fused-ring (bicyclic) bond motifs is 1. The van der Waals surface area contributed by atoms with Gasteiger partial charge in [0.1, 0.15) is 6.04 Å². The number of ether oxygens (including phenoxy) is 1. The fourth-order valence-electron chi connectivity index (χ4n) is 3.42. The molecule has 24 heavy (non-hydrogen) atoms. The predicted octanol–water partition coefficient (Wildman–Crippen LogP) is 3.20. The lowest BCUT2D eigenvalue weighted by atomic mass is 9.90. The Kier molecular flexibility index (Phi) is 4.05. The summed E-state index contributed by atoms with van der Waals surface area (Å²) in [7, 11) is 0. The van der Waals surface area contributed by atoms with E-state index in [9.17, 15) is 4.79 Å². The number of H-pyrrole nitrogens is 1. The molecule has 0 aliphatic carbocycles. The third-order valence-electron chi connectivity index (χ3n) is 4.70. The second-order valence-corrected chi connectivity index (χ2v) is 6.17.